The molecule has 4 heteroatoms. The average molecular weight is 261 g/mol. The number of carboxylic acids is 1. The van der Waals surface area contributed by atoms with Crippen LogP contribution in [0.3, 0.4) is 0 Å². The molecular weight excluding hydrogens is 242 g/mol. The summed E-state index contributed by atoms with van der Waals surface area (Å²) >= 11 is 0. The zero-order valence-electron chi connectivity index (χ0n) is 11.3. The molecule has 2 rings (SSSR count). The number of anilines is 1. The van der Waals surface area contributed by atoms with Crippen molar-refractivity contribution in [2.24, 2.45) is 11.8 Å². The Morgan fingerprint density at radius 1 is 1.16 bits per heavy atom. The monoisotopic (exact) mass is 261 g/mol. The van der Waals surface area contributed by atoms with Gasteiger partial charge in [0.05, 0.1) is 5.92 Å². The molecule has 0 radical (unpaired) electrons. The lowest BCUT2D eigenvalue weighted by atomic mass is 10.0. The minimum absolute atomic E-state index is 0.0209. The van der Waals surface area contributed by atoms with Crippen molar-refractivity contribution in [2.45, 2.75) is 26.2 Å². The van der Waals surface area contributed by atoms with Crippen molar-refractivity contribution < 1.29 is 14.7 Å². The highest BCUT2D eigenvalue weighted by molar-refractivity contribution is 5.95. The van der Waals surface area contributed by atoms with Crippen molar-refractivity contribution in [3.05, 3.63) is 29.8 Å². The zero-order valence-corrected chi connectivity index (χ0v) is 11.3. The first-order valence-corrected chi connectivity index (χ1v) is 6.56. The molecule has 0 saturated heterocycles. The highest BCUT2D eigenvalue weighted by atomic mass is 16.4. The molecule has 1 aromatic rings. The van der Waals surface area contributed by atoms with Gasteiger partial charge in [-0.1, -0.05) is 17.7 Å². The standard InChI is InChI=1S/C15H19NO3/c1-10-3-7-13(8-4-10)16(2)14(17)11-5-6-12(9-11)15(18)19/h3-4,7-8,11-12H,5-6,9H2,1-2H3,(H,18,19)/t11-,12+/m1/s1. The van der Waals surface area contributed by atoms with Crippen LogP contribution in [0.25, 0.3) is 0 Å². The third-order valence-electron chi connectivity index (χ3n) is 3.88. The van der Waals surface area contributed by atoms with Gasteiger partial charge in [-0.05, 0) is 38.3 Å². The van der Waals surface area contributed by atoms with Crippen molar-refractivity contribution >= 4 is 17.6 Å². The third-order valence-corrected chi connectivity index (χ3v) is 3.88. The van der Waals surface area contributed by atoms with E-state index in [2.05, 4.69) is 0 Å². The molecule has 1 saturated carbocycles. The first kappa shape index (κ1) is 13.6. The Morgan fingerprint density at radius 2 is 1.74 bits per heavy atom. The number of carboxylic acid groups (broad SMARTS) is 1. The van der Waals surface area contributed by atoms with E-state index in [1.165, 1.54) is 0 Å². The number of hydrogen-bond acceptors (Lipinski definition) is 2. The first-order chi connectivity index (χ1) is 8.99. The van der Waals surface area contributed by atoms with Gasteiger partial charge in [-0.3, -0.25) is 9.59 Å². The molecule has 102 valence electrons. The molecule has 1 aliphatic carbocycles. The smallest absolute Gasteiger partial charge is 0.306 e. The summed E-state index contributed by atoms with van der Waals surface area (Å²) in [6.45, 7) is 2.00. The van der Waals surface area contributed by atoms with Gasteiger partial charge in [-0.15, -0.1) is 0 Å². The predicted molar refractivity (Wildman–Crippen MR) is 73.1 cm³/mol. The molecule has 2 atom stereocenters. The summed E-state index contributed by atoms with van der Waals surface area (Å²) in [5.41, 5.74) is 2.01. The Bertz CT molecular complexity index is 481. The number of aliphatic carboxylic acids is 1. The molecule has 0 heterocycles. The highest BCUT2D eigenvalue weighted by Crippen LogP contribution is 2.33. The molecule has 0 spiro atoms. The fraction of sp³-hybridized carbons (Fsp3) is 0.467. The fourth-order valence-corrected chi connectivity index (χ4v) is 2.60. The molecule has 0 bridgehead atoms. The van der Waals surface area contributed by atoms with E-state index in [1.807, 2.05) is 31.2 Å². The number of nitrogens with zero attached hydrogens (tertiary/aromatic N) is 1. The van der Waals surface area contributed by atoms with Gasteiger partial charge in [0.2, 0.25) is 5.91 Å². The molecule has 1 aromatic carbocycles. The summed E-state index contributed by atoms with van der Waals surface area (Å²) < 4.78 is 0. The summed E-state index contributed by atoms with van der Waals surface area (Å²) in [5, 5.41) is 8.97. The summed E-state index contributed by atoms with van der Waals surface area (Å²) in [7, 11) is 1.75. The van der Waals surface area contributed by atoms with Crippen LogP contribution in [-0.4, -0.2) is 24.0 Å². The van der Waals surface area contributed by atoms with Crippen molar-refractivity contribution in [1.82, 2.24) is 0 Å². The first-order valence-electron chi connectivity index (χ1n) is 6.56. The Kier molecular flexibility index (Phi) is 3.88. The topological polar surface area (TPSA) is 57.6 Å². The van der Waals surface area contributed by atoms with Crippen LogP contribution in [0.1, 0.15) is 24.8 Å². The summed E-state index contributed by atoms with van der Waals surface area (Å²) in [6.07, 6.45) is 1.74. The number of aryl methyl sites for hydroxylation is 1. The molecule has 1 amide bonds. The molecule has 1 aliphatic rings. The van der Waals surface area contributed by atoms with Gasteiger partial charge in [-0.2, -0.15) is 0 Å². The van der Waals surface area contributed by atoms with Crippen LogP contribution >= 0.6 is 0 Å². The molecule has 4 nitrogen and oxygen atoms in total. The zero-order chi connectivity index (χ0) is 14.0. The van der Waals surface area contributed by atoms with Gasteiger partial charge >= 0.3 is 5.97 Å². The second kappa shape index (κ2) is 5.43. The Morgan fingerprint density at radius 3 is 2.26 bits per heavy atom. The number of carbonyl (C=O) groups is 2. The van der Waals surface area contributed by atoms with Crippen LogP contribution in [0.2, 0.25) is 0 Å². The largest absolute Gasteiger partial charge is 0.481 e. The quantitative estimate of drug-likeness (QED) is 0.909. The number of benzene rings is 1. The van der Waals surface area contributed by atoms with E-state index in [0.29, 0.717) is 19.3 Å². The van der Waals surface area contributed by atoms with Gasteiger partial charge in [0.25, 0.3) is 0 Å². The van der Waals surface area contributed by atoms with Crippen LogP contribution in [0.4, 0.5) is 5.69 Å². The highest BCUT2D eigenvalue weighted by Gasteiger charge is 2.35. The van der Waals surface area contributed by atoms with E-state index in [9.17, 15) is 9.59 Å². The molecule has 1 N–H and O–H groups in total. The lowest BCUT2D eigenvalue weighted by Crippen LogP contribution is -2.32. The lowest BCUT2D eigenvalue weighted by molar-refractivity contribution is -0.141. The van der Waals surface area contributed by atoms with Crippen molar-refractivity contribution in [3.8, 4) is 0 Å². The Balaban J connectivity index is 2.04. The number of amides is 1. The van der Waals surface area contributed by atoms with Gasteiger partial charge < -0.3 is 10.0 Å². The molecule has 0 aromatic heterocycles. The van der Waals surface area contributed by atoms with E-state index in [4.69, 9.17) is 5.11 Å². The maximum Gasteiger partial charge on any atom is 0.306 e. The molecule has 19 heavy (non-hydrogen) atoms. The fourth-order valence-electron chi connectivity index (χ4n) is 2.60. The van der Waals surface area contributed by atoms with Gasteiger partial charge in [0, 0.05) is 18.7 Å². The van der Waals surface area contributed by atoms with Crippen LogP contribution in [0.15, 0.2) is 24.3 Å². The van der Waals surface area contributed by atoms with Crippen molar-refractivity contribution in [1.29, 1.82) is 0 Å². The van der Waals surface area contributed by atoms with E-state index in [0.717, 1.165) is 11.3 Å². The molecular formula is C15H19NO3. The lowest BCUT2D eigenvalue weighted by Gasteiger charge is -2.21. The van der Waals surface area contributed by atoms with Crippen LogP contribution in [-0.2, 0) is 9.59 Å². The minimum atomic E-state index is -0.784. The maximum absolute atomic E-state index is 12.3. The third kappa shape index (κ3) is 2.95. The molecule has 0 unspecified atom stereocenters. The SMILES string of the molecule is Cc1ccc(N(C)C(=O)[C@@H]2CC[C@H](C(=O)O)C2)cc1. The van der Waals surface area contributed by atoms with E-state index in [-0.39, 0.29) is 17.7 Å². The maximum atomic E-state index is 12.3. The number of carbonyl (C=O) groups excluding carboxylic acids is 1. The van der Waals surface area contributed by atoms with E-state index >= 15 is 0 Å². The number of hydrogen-bond donors (Lipinski definition) is 1. The van der Waals surface area contributed by atoms with Crippen LogP contribution < -0.4 is 4.90 Å². The van der Waals surface area contributed by atoms with Crippen molar-refractivity contribution in [3.63, 3.8) is 0 Å². The minimum Gasteiger partial charge on any atom is -0.481 e. The summed E-state index contributed by atoms with van der Waals surface area (Å²) in [6, 6.07) is 7.76. The van der Waals surface area contributed by atoms with Gasteiger partial charge in [0.1, 0.15) is 0 Å². The number of rotatable bonds is 3. The van der Waals surface area contributed by atoms with Crippen LogP contribution in [0.5, 0.6) is 0 Å². The molecule has 0 aliphatic heterocycles. The average Bonchev–Trinajstić information content (AvgIpc) is 2.87. The van der Waals surface area contributed by atoms with E-state index in [1.54, 1.807) is 11.9 Å². The second-order valence-electron chi connectivity index (χ2n) is 5.28. The van der Waals surface area contributed by atoms with Crippen molar-refractivity contribution in [2.75, 3.05) is 11.9 Å². The predicted octanol–water partition coefficient (Wildman–Crippen LogP) is 2.46. The normalized spacial score (nSPS) is 22.2. The Hall–Kier alpha value is -1.84. The second-order valence-corrected chi connectivity index (χ2v) is 5.28. The van der Waals surface area contributed by atoms with Gasteiger partial charge in [-0.25, -0.2) is 0 Å². The molecule has 1 fully saturated rings. The van der Waals surface area contributed by atoms with Gasteiger partial charge in [0.15, 0.2) is 0 Å². The van der Waals surface area contributed by atoms with Crippen LogP contribution in [0, 0.1) is 18.8 Å². The van der Waals surface area contributed by atoms with E-state index < -0.39 is 5.97 Å². The summed E-state index contributed by atoms with van der Waals surface area (Å²) in [4.78, 5) is 24.9. The Labute approximate surface area is 113 Å². The summed E-state index contributed by atoms with van der Waals surface area (Å²) in [5.74, 6) is -1.28.